The number of hydrogen-bond donors (Lipinski definition) is 0. The molecule has 4 nitrogen and oxygen atoms in total. The van der Waals surface area contributed by atoms with Crippen LogP contribution in [0.2, 0.25) is 0 Å². The van der Waals surface area contributed by atoms with Gasteiger partial charge in [-0.05, 0) is 24.1 Å². The molecule has 0 N–H and O–H groups in total. The summed E-state index contributed by atoms with van der Waals surface area (Å²) in [4.78, 5) is 25.0. The van der Waals surface area contributed by atoms with Gasteiger partial charge in [0, 0.05) is 11.3 Å². The molecular weight excluding hydrogens is 281 g/mol. The molecule has 1 fully saturated rings. The van der Waals surface area contributed by atoms with Gasteiger partial charge in [-0.3, -0.25) is 4.79 Å². The van der Waals surface area contributed by atoms with E-state index in [0.29, 0.717) is 5.75 Å². The van der Waals surface area contributed by atoms with Crippen molar-refractivity contribution >= 4 is 23.6 Å². The molecule has 1 aromatic carbocycles. The molecule has 0 aromatic heterocycles. The Bertz CT molecular complexity index is 535. The molecule has 20 heavy (non-hydrogen) atoms. The van der Waals surface area contributed by atoms with E-state index in [1.165, 1.54) is 34.9 Å². The molecule has 1 aliphatic rings. The Morgan fingerprint density at radius 2 is 2.15 bits per heavy atom. The van der Waals surface area contributed by atoms with Gasteiger partial charge in [0.15, 0.2) is 0 Å². The lowest BCUT2D eigenvalue weighted by molar-refractivity contribution is -0.310. The molecule has 1 amide bonds. The maximum Gasteiger partial charge on any atom is 0.255 e. The first kappa shape index (κ1) is 14.8. The van der Waals surface area contributed by atoms with E-state index in [9.17, 15) is 19.1 Å². The van der Waals surface area contributed by atoms with Crippen LogP contribution in [0.25, 0.3) is 0 Å². The van der Waals surface area contributed by atoms with Crippen LogP contribution in [0.5, 0.6) is 0 Å². The van der Waals surface area contributed by atoms with E-state index in [0.717, 1.165) is 6.07 Å². The van der Waals surface area contributed by atoms with Crippen molar-refractivity contribution in [2.45, 2.75) is 25.3 Å². The molecule has 0 spiro atoms. The fourth-order valence-electron chi connectivity index (χ4n) is 2.25. The highest BCUT2D eigenvalue weighted by molar-refractivity contribution is 8.00. The highest BCUT2D eigenvalue weighted by atomic mass is 32.2. The number of carboxylic acid groups (broad SMARTS) is 1. The van der Waals surface area contributed by atoms with Crippen LogP contribution in [0.15, 0.2) is 24.3 Å². The maximum absolute atomic E-state index is 13.2. The van der Waals surface area contributed by atoms with Crippen molar-refractivity contribution in [2.75, 3.05) is 5.75 Å². The second-order valence-electron chi connectivity index (χ2n) is 5.03. The van der Waals surface area contributed by atoms with Crippen LogP contribution < -0.4 is 5.11 Å². The summed E-state index contributed by atoms with van der Waals surface area (Å²) < 4.78 is 13.2. The van der Waals surface area contributed by atoms with Crippen LogP contribution in [0.3, 0.4) is 0 Å². The standard InChI is InChI=1S/C14H16FNO3S/c1-8(2)13-16(11(7-20-13)14(18)19)12(17)9-4-3-5-10(15)6-9/h3-6,8,11,13H,7H2,1-2H3,(H,18,19)/p-1/t11-,13+/m0/s1. The molecule has 0 radical (unpaired) electrons. The monoisotopic (exact) mass is 296 g/mol. The number of rotatable bonds is 3. The van der Waals surface area contributed by atoms with E-state index in [1.54, 1.807) is 0 Å². The van der Waals surface area contributed by atoms with E-state index in [4.69, 9.17) is 0 Å². The molecule has 0 saturated carbocycles. The van der Waals surface area contributed by atoms with Gasteiger partial charge in [-0.1, -0.05) is 19.9 Å². The highest BCUT2D eigenvalue weighted by Crippen LogP contribution is 2.35. The number of hydrogen-bond acceptors (Lipinski definition) is 4. The van der Waals surface area contributed by atoms with Gasteiger partial charge in [0.05, 0.1) is 17.4 Å². The Labute approximate surface area is 121 Å². The fourth-order valence-corrected chi connectivity index (χ4v) is 3.71. The van der Waals surface area contributed by atoms with Crippen molar-refractivity contribution in [1.82, 2.24) is 4.90 Å². The van der Waals surface area contributed by atoms with E-state index < -0.39 is 23.7 Å². The second kappa shape index (κ2) is 5.83. The smallest absolute Gasteiger partial charge is 0.255 e. The first-order valence-corrected chi connectivity index (χ1v) is 7.37. The van der Waals surface area contributed by atoms with Gasteiger partial charge in [0.2, 0.25) is 0 Å². The number of halogens is 1. The van der Waals surface area contributed by atoms with E-state index >= 15 is 0 Å². The van der Waals surface area contributed by atoms with Crippen LogP contribution >= 0.6 is 11.8 Å². The average Bonchev–Trinajstić information content (AvgIpc) is 2.82. The summed E-state index contributed by atoms with van der Waals surface area (Å²) in [7, 11) is 0. The maximum atomic E-state index is 13.2. The molecule has 0 aliphatic carbocycles. The van der Waals surface area contributed by atoms with Crippen molar-refractivity contribution < 1.29 is 19.1 Å². The topological polar surface area (TPSA) is 60.4 Å². The number of carboxylic acids is 1. The quantitative estimate of drug-likeness (QED) is 0.838. The average molecular weight is 296 g/mol. The molecule has 1 saturated heterocycles. The van der Waals surface area contributed by atoms with E-state index in [1.807, 2.05) is 13.8 Å². The number of benzene rings is 1. The summed E-state index contributed by atoms with van der Waals surface area (Å²) in [6.45, 7) is 3.84. The minimum absolute atomic E-state index is 0.0989. The lowest BCUT2D eigenvalue weighted by Crippen LogP contribution is -2.51. The molecule has 2 atom stereocenters. The Balaban J connectivity index is 2.34. The van der Waals surface area contributed by atoms with E-state index in [-0.39, 0.29) is 16.9 Å². The summed E-state index contributed by atoms with van der Waals surface area (Å²) in [6, 6.07) is 4.31. The van der Waals surface area contributed by atoms with Gasteiger partial charge in [0.1, 0.15) is 5.82 Å². The Kier molecular flexibility index (Phi) is 4.32. The Hall–Kier alpha value is -1.56. The zero-order valence-corrected chi connectivity index (χ0v) is 12.0. The van der Waals surface area contributed by atoms with Crippen molar-refractivity contribution in [3.8, 4) is 0 Å². The molecule has 6 heteroatoms. The molecule has 0 unspecified atom stereocenters. The van der Waals surface area contributed by atoms with Crippen LogP contribution in [0.4, 0.5) is 4.39 Å². The van der Waals surface area contributed by atoms with Gasteiger partial charge >= 0.3 is 0 Å². The normalized spacial score (nSPS) is 22.3. The van der Waals surface area contributed by atoms with Gasteiger partial charge in [-0.15, -0.1) is 11.8 Å². The van der Waals surface area contributed by atoms with Crippen LogP contribution in [0.1, 0.15) is 24.2 Å². The lowest BCUT2D eigenvalue weighted by atomic mass is 10.1. The minimum atomic E-state index is -1.27. The highest BCUT2D eigenvalue weighted by Gasteiger charge is 2.40. The third kappa shape index (κ3) is 2.80. The summed E-state index contributed by atoms with van der Waals surface area (Å²) >= 11 is 1.41. The third-order valence-electron chi connectivity index (χ3n) is 3.18. The number of nitrogens with zero attached hydrogens (tertiary/aromatic N) is 1. The van der Waals surface area contributed by atoms with Crippen LogP contribution in [0, 0.1) is 11.7 Å². The number of thioether (sulfide) groups is 1. The summed E-state index contributed by atoms with van der Waals surface area (Å²) in [5.41, 5.74) is 0.157. The number of carbonyl (C=O) groups excluding carboxylic acids is 2. The van der Waals surface area contributed by atoms with Gasteiger partial charge in [0.25, 0.3) is 5.91 Å². The van der Waals surface area contributed by atoms with Gasteiger partial charge in [-0.25, -0.2) is 4.39 Å². The lowest BCUT2D eigenvalue weighted by Gasteiger charge is -2.32. The summed E-state index contributed by atoms with van der Waals surface area (Å²) in [6.07, 6.45) is 0. The third-order valence-corrected chi connectivity index (χ3v) is 4.80. The molecule has 2 rings (SSSR count). The minimum Gasteiger partial charge on any atom is -0.548 e. The first-order valence-electron chi connectivity index (χ1n) is 6.32. The van der Waals surface area contributed by atoms with Crippen molar-refractivity contribution in [1.29, 1.82) is 0 Å². The van der Waals surface area contributed by atoms with Gasteiger partial charge in [-0.2, -0.15) is 0 Å². The summed E-state index contributed by atoms with van der Waals surface area (Å²) in [5.74, 6) is -1.87. The van der Waals surface area contributed by atoms with E-state index in [2.05, 4.69) is 0 Å². The largest absolute Gasteiger partial charge is 0.548 e. The first-order chi connectivity index (χ1) is 9.41. The van der Waals surface area contributed by atoms with Crippen LogP contribution in [-0.4, -0.2) is 33.9 Å². The summed E-state index contributed by atoms with van der Waals surface area (Å²) in [5, 5.41) is 10.9. The Morgan fingerprint density at radius 3 is 2.70 bits per heavy atom. The molecule has 1 heterocycles. The molecule has 108 valence electrons. The number of aliphatic carboxylic acids is 1. The van der Waals surface area contributed by atoms with Crippen LogP contribution in [-0.2, 0) is 4.79 Å². The zero-order valence-electron chi connectivity index (χ0n) is 11.2. The number of carbonyl (C=O) groups is 2. The Morgan fingerprint density at radius 1 is 1.45 bits per heavy atom. The predicted molar refractivity (Wildman–Crippen MR) is 72.4 cm³/mol. The molecule has 1 aromatic rings. The van der Waals surface area contributed by atoms with Crippen molar-refractivity contribution in [3.63, 3.8) is 0 Å². The molecular formula is C14H15FNO3S-. The second-order valence-corrected chi connectivity index (χ2v) is 6.18. The fraction of sp³-hybridized carbons (Fsp3) is 0.429. The molecule has 1 aliphatic heterocycles. The van der Waals surface area contributed by atoms with Crippen molar-refractivity contribution in [3.05, 3.63) is 35.6 Å². The SMILES string of the molecule is CC(C)[C@H]1SC[C@@H](C(=O)[O-])N1C(=O)c1cccc(F)c1. The number of amides is 1. The predicted octanol–water partition coefficient (Wildman–Crippen LogP) is 1.12. The zero-order chi connectivity index (χ0) is 14.9. The van der Waals surface area contributed by atoms with Gasteiger partial charge < -0.3 is 14.8 Å². The molecule has 0 bridgehead atoms. The van der Waals surface area contributed by atoms with Crippen molar-refractivity contribution in [2.24, 2.45) is 5.92 Å².